The van der Waals surface area contributed by atoms with Gasteiger partial charge in [0, 0.05) is 78.1 Å². The number of hydrogen-bond donors (Lipinski definition) is 9. The van der Waals surface area contributed by atoms with Gasteiger partial charge in [0.05, 0.1) is 37.7 Å². The first kappa shape index (κ1) is 47.4. The number of likely N-dealkylation sites (tertiary alicyclic amines) is 1. The monoisotopic (exact) mass is 820 g/mol. The number of anilines is 1. The zero-order valence-corrected chi connectivity index (χ0v) is 32.9. The van der Waals surface area contributed by atoms with Crippen molar-refractivity contribution in [2.75, 3.05) is 97.1 Å². The number of rotatable bonds is 20. The van der Waals surface area contributed by atoms with Gasteiger partial charge in [-0.05, 0) is 44.7 Å². The van der Waals surface area contributed by atoms with Crippen molar-refractivity contribution in [1.29, 1.82) is 0 Å². The highest BCUT2D eigenvalue weighted by molar-refractivity contribution is 6.43. The lowest BCUT2D eigenvalue weighted by molar-refractivity contribution is -0.140. The molecule has 3 heterocycles. The van der Waals surface area contributed by atoms with Crippen LogP contribution in [0, 0.1) is 0 Å². The van der Waals surface area contributed by atoms with Crippen LogP contribution in [0.15, 0.2) is 18.3 Å². The van der Waals surface area contributed by atoms with E-state index in [4.69, 9.17) is 0 Å². The molecule has 1 aromatic heterocycles. The first-order valence-electron chi connectivity index (χ1n) is 19.4. The van der Waals surface area contributed by atoms with Crippen LogP contribution in [0.4, 0.5) is 5.82 Å². The highest BCUT2D eigenvalue weighted by Crippen LogP contribution is 2.19. The zero-order valence-electron chi connectivity index (χ0n) is 32.9. The third kappa shape index (κ3) is 17.7. The molecule has 2 aliphatic heterocycles. The number of carboxylic acid groups (broad SMARTS) is 3. The summed E-state index contributed by atoms with van der Waals surface area (Å²) in [4.78, 5) is 97.4. The van der Waals surface area contributed by atoms with Gasteiger partial charge < -0.3 is 40.9 Å². The van der Waals surface area contributed by atoms with Crippen molar-refractivity contribution in [2.45, 2.75) is 57.4 Å². The predicted octanol–water partition coefficient (Wildman–Crippen LogP) is -3.20. The van der Waals surface area contributed by atoms with Crippen molar-refractivity contribution < 1.29 is 58.9 Å². The van der Waals surface area contributed by atoms with Crippen LogP contribution in [0.5, 0.6) is 0 Å². The van der Waals surface area contributed by atoms with Gasteiger partial charge in [0.1, 0.15) is 11.9 Å². The van der Waals surface area contributed by atoms with Crippen LogP contribution in [-0.2, 0) is 28.8 Å². The molecular formula is C35H57BN10O12. The normalized spacial score (nSPS) is 18.3. The second kappa shape index (κ2) is 24.7. The first-order chi connectivity index (χ1) is 27.6. The molecule has 0 unspecified atom stereocenters. The standard InChI is InChI=1S/C35H57BN10O12/c1-25(35(56)46-11-5-6-27(46)36(57)58)39-34(55)26-8-9-28(38-20-26)40-41-29(47)7-3-2-4-10-37-30(48)21-42-12-14-43(22-31(49)50)16-18-45(24-33(53)54)19-17-44(15-13-42)23-32(51)52/h8-9,20,25,27,57-58H,2-7,10-19,21-24H2,1H3,(H,37,48)(H,38,40)(H,39,55)(H,41,47)(H,49,50)(H,51,52)(H,53,54)/t25-,27+/m1/s1. The maximum atomic E-state index is 12.9. The summed E-state index contributed by atoms with van der Waals surface area (Å²) in [5.74, 6) is -5.06. The van der Waals surface area contributed by atoms with E-state index in [0.29, 0.717) is 71.4 Å². The molecule has 0 radical (unpaired) electrons. The van der Waals surface area contributed by atoms with Crippen LogP contribution in [0.1, 0.15) is 55.8 Å². The molecule has 3 rings (SSSR count). The summed E-state index contributed by atoms with van der Waals surface area (Å²) in [6, 6.07) is 2.05. The number of amides is 4. The van der Waals surface area contributed by atoms with Crippen molar-refractivity contribution in [1.82, 2.24) is 45.5 Å². The Hall–Kier alpha value is -4.94. The van der Waals surface area contributed by atoms with Crippen LogP contribution >= 0.6 is 0 Å². The van der Waals surface area contributed by atoms with Gasteiger partial charge in [0.2, 0.25) is 17.7 Å². The molecule has 22 nitrogen and oxygen atoms in total. The zero-order chi connectivity index (χ0) is 42.6. The largest absolute Gasteiger partial charge is 0.480 e. The van der Waals surface area contributed by atoms with Crippen LogP contribution < -0.4 is 21.5 Å². The van der Waals surface area contributed by atoms with E-state index in [-0.39, 0.29) is 82.0 Å². The Morgan fingerprint density at radius 3 is 1.76 bits per heavy atom. The van der Waals surface area contributed by atoms with Gasteiger partial charge in [-0.2, -0.15) is 0 Å². The summed E-state index contributed by atoms with van der Waals surface area (Å²) in [5.41, 5.74) is 5.40. The van der Waals surface area contributed by atoms with Crippen LogP contribution in [0.25, 0.3) is 0 Å². The minimum atomic E-state index is -1.66. The molecule has 0 aromatic carbocycles. The summed E-state index contributed by atoms with van der Waals surface area (Å²) < 4.78 is 0. The summed E-state index contributed by atoms with van der Waals surface area (Å²) >= 11 is 0. The van der Waals surface area contributed by atoms with Gasteiger partial charge >= 0.3 is 25.0 Å². The number of pyridine rings is 1. The molecule has 1 aromatic rings. The van der Waals surface area contributed by atoms with E-state index >= 15 is 0 Å². The Morgan fingerprint density at radius 2 is 1.28 bits per heavy atom. The van der Waals surface area contributed by atoms with E-state index in [1.165, 1.54) is 30.2 Å². The summed E-state index contributed by atoms with van der Waals surface area (Å²) in [5, 5.41) is 52.6. The number of hydrogen-bond acceptors (Lipinski definition) is 15. The number of unbranched alkanes of at least 4 members (excludes halogenated alkanes) is 2. The number of carbonyl (C=O) groups is 7. The number of carboxylic acids is 3. The number of aliphatic carboxylic acids is 3. The van der Waals surface area contributed by atoms with E-state index in [0.717, 1.165) is 0 Å². The fraction of sp³-hybridized carbons (Fsp3) is 0.657. The average molecular weight is 821 g/mol. The lowest BCUT2D eigenvalue weighted by atomic mass is 9.78. The quantitative estimate of drug-likeness (QED) is 0.0356. The maximum absolute atomic E-state index is 12.9. The van der Waals surface area contributed by atoms with Crippen molar-refractivity contribution >= 4 is 54.5 Å². The fourth-order valence-corrected chi connectivity index (χ4v) is 6.62. The molecule has 2 fully saturated rings. The molecule has 23 heteroatoms. The molecule has 0 aliphatic carbocycles. The van der Waals surface area contributed by atoms with Crippen molar-refractivity contribution in [3.05, 3.63) is 23.9 Å². The molecular weight excluding hydrogens is 763 g/mol. The topological polar surface area (TPSA) is 298 Å². The first-order valence-corrected chi connectivity index (χ1v) is 19.4. The number of hydrazine groups is 1. The fourth-order valence-electron chi connectivity index (χ4n) is 6.62. The molecule has 2 atom stereocenters. The molecule has 2 aliphatic rings. The Labute approximate surface area is 337 Å². The smallest absolute Gasteiger partial charge is 0.475 e. The molecule has 4 amide bonds. The molecule has 0 saturated carbocycles. The summed E-state index contributed by atoms with van der Waals surface area (Å²) in [6.45, 7) is 3.88. The average Bonchev–Trinajstić information content (AvgIpc) is 3.66. The van der Waals surface area contributed by atoms with Gasteiger partial charge in [-0.3, -0.25) is 64.0 Å². The molecule has 0 bridgehead atoms. The molecule has 9 N–H and O–H groups in total. The Kier molecular flexibility index (Phi) is 20.2. The molecule has 58 heavy (non-hydrogen) atoms. The van der Waals surface area contributed by atoms with Crippen molar-refractivity contribution in [3.63, 3.8) is 0 Å². The van der Waals surface area contributed by atoms with Crippen molar-refractivity contribution in [3.8, 4) is 0 Å². The lowest BCUT2D eigenvalue weighted by Gasteiger charge is -2.32. The van der Waals surface area contributed by atoms with Gasteiger partial charge in [0.15, 0.2) is 0 Å². The Bertz CT molecular complexity index is 1510. The number of carbonyl (C=O) groups excluding carboxylic acids is 4. The minimum absolute atomic E-state index is 0.00976. The lowest BCUT2D eigenvalue weighted by Crippen LogP contribution is -2.52. The van der Waals surface area contributed by atoms with Crippen molar-refractivity contribution in [2.24, 2.45) is 0 Å². The number of nitrogens with zero attached hydrogens (tertiary/aromatic N) is 6. The predicted molar refractivity (Wildman–Crippen MR) is 208 cm³/mol. The highest BCUT2D eigenvalue weighted by atomic mass is 16.4. The maximum Gasteiger partial charge on any atom is 0.475 e. The number of aromatic nitrogens is 1. The van der Waals surface area contributed by atoms with E-state index in [9.17, 15) is 58.9 Å². The third-order valence-electron chi connectivity index (χ3n) is 9.78. The van der Waals surface area contributed by atoms with Crippen LogP contribution in [0.3, 0.4) is 0 Å². The third-order valence-corrected chi connectivity index (χ3v) is 9.78. The highest BCUT2D eigenvalue weighted by Gasteiger charge is 2.38. The van der Waals surface area contributed by atoms with E-state index in [1.54, 1.807) is 14.7 Å². The Morgan fingerprint density at radius 1 is 0.741 bits per heavy atom. The van der Waals surface area contributed by atoms with E-state index < -0.39 is 48.8 Å². The van der Waals surface area contributed by atoms with E-state index in [1.807, 2.05) is 4.90 Å². The minimum Gasteiger partial charge on any atom is -0.480 e. The van der Waals surface area contributed by atoms with Crippen LogP contribution in [0.2, 0.25) is 0 Å². The summed E-state index contributed by atoms with van der Waals surface area (Å²) in [7, 11) is -1.66. The SMILES string of the molecule is C[C@@H](NC(=O)c1ccc(NNC(=O)CCCCCNC(=O)CN2CCN(CC(=O)O)CCN(CC(=O)O)CCN(CC(=O)O)CC2)nc1)C(=O)N1CCC[C@H]1B(O)O. The second-order valence-corrected chi connectivity index (χ2v) is 14.4. The van der Waals surface area contributed by atoms with Gasteiger partial charge in [0.25, 0.3) is 5.91 Å². The number of nitrogens with one attached hydrogen (secondary N) is 4. The molecule has 322 valence electrons. The van der Waals surface area contributed by atoms with Gasteiger partial charge in [-0.25, -0.2) is 4.98 Å². The molecule has 2 saturated heterocycles. The van der Waals surface area contributed by atoms with Gasteiger partial charge in [-0.15, -0.1) is 0 Å². The summed E-state index contributed by atoms with van der Waals surface area (Å²) in [6.07, 6.45) is 4.36. The molecule has 0 spiro atoms. The second-order valence-electron chi connectivity index (χ2n) is 14.4. The van der Waals surface area contributed by atoms with Crippen LogP contribution in [-0.4, -0.2) is 207 Å². The van der Waals surface area contributed by atoms with E-state index in [2.05, 4.69) is 26.5 Å². The Balaban J connectivity index is 1.36. The van der Waals surface area contributed by atoms with Gasteiger partial charge in [-0.1, -0.05) is 6.42 Å².